The quantitative estimate of drug-likeness (QED) is 0.191. The van der Waals surface area contributed by atoms with E-state index < -0.39 is 8.07 Å². The molecule has 0 saturated carbocycles. The van der Waals surface area contributed by atoms with Gasteiger partial charge < -0.3 is 4.42 Å². The van der Waals surface area contributed by atoms with Crippen LogP contribution in [-0.4, -0.2) is 13.1 Å². The van der Waals surface area contributed by atoms with E-state index in [4.69, 9.17) is 9.40 Å². The monoisotopic (exact) mass is 589 g/mol. The summed E-state index contributed by atoms with van der Waals surface area (Å²) in [4.78, 5) is 5.37. The van der Waals surface area contributed by atoms with Crippen LogP contribution >= 0.6 is 0 Å². The minimum atomic E-state index is -1.59. The molecule has 3 heteroatoms. The highest BCUT2D eigenvalue weighted by atomic mass is 28.3. The van der Waals surface area contributed by atoms with E-state index in [1.54, 1.807) is 0 Å². The number of furan rings is 1. The van der Waals surface area contributed by atoms with Gasteiger partial charge in [0.25, 0.3) is 0 Å². The molecule has 0 radical (unpaired) electrons. The lowest BCUT2D eigenvalue weighted by Crippen LogP contribution is -2.37. The summed E-state index contributed by atoms with van der Waals surface area (Å²) in [5.41, 5.74) is 12.2. The van der Waals surface area contributed by atoms with Crippen LogP contribution in [0.5, 0.6) is 0 Å². The van der Waals surface area contributed by atoms with Crippen LogP contribution in [0, 0.1) is 6.92 Å². The maximum absolute atomic E-state index is 6.55. The zero-order valence-corrected chi connectivity index (χ0v) is 27.7. The van der Waals surface area contributed by atoms with E-state index >= 15 is 0 Å². The molecular formula is C41H39NOSi. The molecule has 0 spiro atoms. The standard InChI is InChI=1S/C41H39NOSi/c1-26-22-33-30-16-11-12-19-38(30)43-40(33)34(23-26)37-25-32(31-24-28(44(5,6)7)20-21-36(31)42-37)39-29(27-14-9-8-10-15-27)17-13-18-35(39)41(2,3)4/h8-25H,1-7H3. The van der Waals surface area contributed by atoms with E-state index in [2.05, 4.69) is 150 Å². The Morgan fingerprint density at radius 1 is 0.636 bits per heavy atom. The van der Waals surface area contributed by atoms with Crippen LogP contribution in [0.2, 0.25) is 19.6 Å². The highest BCUT2D eigenvalue weighted by molar-refractivity contribution is 6.88. The molecule has 0 atom stereocenters. The van der Waals surface area contributed by atoms with Crippen LogP contribution in [0.3, 0.4) is 0 Å². The number of aryl methyl sites for hydroxylation is 1. The molecule has 44 heavy (non-hydrogen) atoms. The van der Waals surface area contributed by atoms with Gasteiger partial charge in [-0.3, -0.25) is 0 Å². The molecule has 0 aliphatic carbocycles. The molecule has 2 heterocycles. The number of aromatic nitrogens is 1. The van der Waals surface area contributed by atoms with Gasteiger partial charge >= 0.3 is 0 Å². The highest BCUT2D eigenvalue weighted by Gasteiger charge is 2.26. The van der Waals surface area contributed by atoms with Crippen molar-refractivity contribution in [1.82, 2.24) is 4.98 Å². The van der Waals surface area contributed by atoms with Gasteiger partial charge in [-0.15, -0.1) is 0 Å². The van der Waals surface area contributed by atoms with Crippen molar-refractivity contribution in [2.24, 2.45) is 0 Å². The average Bonchev–Trinajstić information content (AvgIpc) is 3.37. The summed E-state index contributed by atoms with van der Waals surface area (Å²) in [7, 11) is -1.59. The van der Waals surface area contributed by atoms with Gasteiger partial charge in [-0.2, -0.15) is 0 Å². The van der Waals surface area contributed by atoms with E-state index in [1.807, 2.05) is 6.07 Å². The first kappa shape index (κ1) is 28.3. The Hall–Kier alpha value is -4.47. The number of pyridine rings is 1. The Morgan fingerprint density at radius 2 is 1.39 bits per heavy atom. The minimum absolute atomic E-state index is 0.0679. The van der Waals surface area contributed by atoms with Crippen LogP contribution < -0.4 is 5.19 Å². The van der Waals surface area contributed by atoms with Gasteiger partial charge in [0.15, 0.2) is 0 Å². The second-order valence-corrected chi connectivity index (χ2v) is 19.2. The summed E-state index contributed by atoms with van der Waals surface area (Å²) in [6.07, 6.45) is 0. The molecule has 2 aromatic heterocycles. The maximum Gasteiger partial charge on any atom is 0.144 e. The van der Waals surface area contributed by atoms with Crippen LogP contribution in [0.25, 0.3) is 66.4 Å². The van der Waals surface area contributed by atoms with Gasteiger partial charge in [0.2, 0.25) is 0 Å². The molecule has 0 fully saturated rings. The second kappa shape index (κ2) is 10.3. The van der Waals surface area contributed by atoms with E-state index in [0.29, 0.717) is 0 Å². The largest absolute Gasteiger partial charge is 0.455 e. The van der Waals surface area contributed by atoms with Crippen LogP contribution in [-0.2, 0) is 5.41 Å². The van der Waals surface area contributed by atoms with Crippen molar-refractivity contribution in [3.8, 4) is 33.5 Å². The number of hydrogen-bond donors (Lipinski definition) is 0. The van der Waals surface area contributed by atoms with Gasteiger partial charge in [0.1, 0.15) is 11.2 Å². The lowest BCUT2D eigenvalue weighted by Gasteiger charge is -2.27. The first-order chi connectivity index (χ1) is 21.0. The van der Waals surface area contributed by atoms with Crippen LogP contribution in [0.4, 0.5) is 0 Å². The Balaban J connectivity index is 1.63. The first-order valence-corrected chi connectivity index (χ1v) is 19.1. The summed E-state index contributed by atoms with van der Waals surface area (Å²) < 4.78 is 6.55. The van der Waals surface area contributed by atoms with Crippen molar-refractivity contribution in [3.63, 3.8) is 0 Å². The smallest absolute Gasteiger partial charge is 0.144 e. The Kier molecular flexibility index (Phi) is 6.64. The fraction of sp³-hybridized carbons (Fsp3) is 0.195. The highest BCUT2D eigenvalue weighted by Crippen LogP contribution is 2.45. The number of rotatable bonds is 4. The van der Waals surface area contributed by atoms with Crippen molar-refractivity contribution in [1.29, 1.82) is 0 Å². The fourth-order valence-corrected chi connectivity index (χ4v) is 7.69. The van der Waals surface area contributed by atoms with Gasteiger partial charge in [-0.25, -0.2) is 4.98 Å². The maximum atomic E-state index is 6.55. The van der Waals surface area contributed by atoms with Crippen molar-refractivity contribution in [2.45, 2.75) is 52.8 Å². The number of para-hydroxylation sites is 1. The lowest BCUT2D eigenvalue weighted by molar-refractivity contribution is 0.592. The van der Waals surface area contributed by atoms with Gasteiger partial charge in [-0.05, 0) is 76.1 Å². The predicted molar refractivity (Wildman–Crippen MR) is 192 cm³/mol. The molecule has 218 valence electrons. The van der Waals surface area contributed by atoms with Crippen molar-refractivity contribution < 1.29 is 4.42 Å². The Morgan fingerprint density at radius 3 is 2.14 bits per heavy atom. The topological polar surface area (TPSA) is 26.0 Å². The zero-order chi connectivity index (χ0) is 30.8. The lowest BCUT2D eigenvalue weighted by atomic mass is 9.78. The third-order valence-electron chi connectivity index (χ3n) is 8.80. The van der Waals surface area contributed by atoms with Gasteiger partial charge in [0.05, 0.1) is 19.3 Å². The molecule has 0 amide bonds. The number of fused-ring (bicyclic) bond motifs is 4. The van der Waals surface area contributed by atoms with Crippen molar-refractivity contribution >= 4 is 46.1 Å². The molecule has 5 aromatic carbocycles. The van der Waals surface area contributed by atoms with Crippen molar-refractivity contribution in [2.75, 3.05) is 0 Å². The zero-order valence-electron chi connectivity index (χ0n) is 26.7. The molecule has 0 aliphatic rings. The van der Waals surface area contributed by atoms with E-state index in [1.165, 1.54) is 44.0 Å². The number of hydrogen-bond acceptors (Lipinski definition) is 2. The Bertz CT molecular complexity index is 2190. The molecule has 0 saturated heterocycles. The number of benzene rings is 5. The molecule has 2 nitrogen and oxygen atoms in total. The SMILES string of the molecule is Cc1cc(-c2cc(-c3c(-c4ccccc4)cccc3C(C)(C)C)c3cc([Si](C)(C)C)ccc3n2)c2oc3ccccc3c2c1. The normalized spacial score (nSPS) is 12.4. The summed E-state index contributed by atoms with van der Waals surface area (Å²) in [6.45, 7) is 16.4. The van der Waals surface area contributed by atoms with Crippen LogP contribution in [0.15, 0.2) is 114 Å². The molecule has 0 N–H and O–H groups in total. The van der Waals surface area contributed by atoms with Crippen molar-refractivity contribution in [3.05, 3.63) is 120 Å². The molecule has 7 aromatic rings. The predicted octanol–water partition coefficient (Wildman–Crippen LogP) is 11.3. The van der Waals surface area contributed by atoms with E-state index in [-0.39, 0.29) is 5.41 Å². The second-order valence-electron chi connectivity index (χ2n) is 14.2. The van der Waals surface area contributed by atoms with Crippen LogP contribution in [0.1, 0.15) is 31.9 Å². The first-order valence-electron chi connectivity index (χ1n) is 15.6. The summed E-state index contributed by atoms with van der Waals surface area (Å²) in [5.74, 6) is 0. The fourth-order valence-electron chi connectivity index (χ4n) is 6.52. The molecule has 0 aliphatic heterocycles. The molecule has 7 rings (SSSR count). The van der Waals surface area contributed by atoms with E-state index in [9.17, 15) is 0 Å². The van der Waals surface area contributed by atoms with E-state index in [0.717, 1.165) is 38.7 Å². The third kappa shape index (κ3) is 4.86. The molecule has 0 unspecified atom stereocenters. The summed E-state index contributed by atoms with van der Waals surface area (Å²) >= 11 is 0. The van der Waals surface area contributed by atoms with Gasteiger partial charge in [0, 0.05) is 21.7 Å². The third-order valence-corrected chi connectivity index (χ3v) is 10.8. The average molecular weight is 590 g/mol. The van der Waals surface area contributed by atoms with Gasteiger partial charge in [-0.1, -0.05) is 124 Å². The molecule has 0 bridgehead atoms. The Labute approximate surface area is 261 Å². The molecular weight excluding hydrogens is 551 g/mol. The minimum Gasteiger partial charge on any atom is -0.455 e. The summed E-state index contributed by atoms with van der Waals surface area (Å²) in [5, 5.41) is 4.91. The number of nitrogens with zero attached hydrogens (tertiary/aromatic N) is 1. The summed E-state index contributed by atoms with van der Waals surface area (Å²) in [6, 6.07) is 39.7.